The first-order valence-corrected chi connectivity index (χ1v) is 9.16. The quantitative estimate of drug-likeness (QED) is 0.273. The summed E-state index contributed by atoms with van der Waals surface area (Å²) in [6.45, 7) is 3.96. The van der Waals surface area contributed by atoms with Gasteiger partial charge in [0.1, 0.15) is 18.1 Å². The highest BCUT2D eigenvalue weighted by atomic mass is 16.5. The van der Waals surface area contributed by atoms with E-state index in [0.29, 0.717) is 29.4 Å². The molecule has 2 amide bonds. The van der Waals surface area contributed by atoms with Gasteiger partial charge < -0.3 is 14.8 Å². The SMILES string of the molecule is C=CCOc1ccc(NC(=O)C(=O)N/N=C\c2c(OC)ccc3ccccc23)cc1. The van der Waals surface area contributed by atoms with Gasteiger partial charge in [-0.25, -0.2) is 5.43 Å². The molecule has 152 valence electrons. The number of carbonyl (C=O) groups excluding carboxylic acids is 2. The molecule has 7 nitrogen and oxygen atoms in total. The second-order valence-electron chi connectivity index (χ2n) is 6.18. The van der Waals surface area contributed by atoms with Gasteiger partial charge in [-0.2, -0.15) is 5.10 Å². The number of methoxy groups -OCH3 is 1. The third-order valence-corrected chi connectivity index (χ3v) is 4.20. The fourth-order valence-electron chi connectivity index (χ4n) is 2.77. The molecule has 0 aliphatic rings. The Morgan fingerprint density at radius 1 is 1.03 bits per heavy atom. The van der Waals surface area contributed by atoms with Crippen molar-refractivity contribution in [2.45, 2.75) is 0 Å². The molecule has 2 N–H and O–H groups in total. The lowest BCUT2D eigenvalue weighted by molar-refractivity contribution is -0.136. The van der Waals surface area contributed by atoms with Crippen molar-refractivity contribution in [3.8, 4) is 11.5 Å². The van der Waals surface area contributed by atoms with Crippen LogP contribution >= 0.6 is 0 Å². The molecule has 0 saturated heterocycles. The predicted molar refractivity (Wildman–Crippen MR) is 117 cm³/mol. The number of carbonyl (C=O) groups is 2. The third kappa shape index (κ3) is 5.02. The van der Waals surface area contributed by atoms with Crippen molar-refractivity contribution in [2.24, 2.45) is 5.10 Å². The van der Waals surface area contributed by atoms with Crippen LogP contribution in [0.2, 0.25) is 0 Å². The monoisotopic (exact) mass is 403 g/mol. The molecule has 3 rings (SSSR count). The molecule has 0 atom stereocenters. The summed E-state index contributed by atoms with van der Waals surface area (Å²) in [5.74, 6) is -0.491. The van der Waals surface area contributed by atoms with E-state index in [-0.39, 0.29) is 0 Å². The lowest BCUT2D eigenvalue weighted by Gasteiger charge is -2.08. The van der Waals surface area contributed by atoms with Crippen LogP contribution in [0.15, 0.2) is 78.4 Å². The zero-order chi connectivity index (χ0) is 21.3. The average molecular weight is 403 g/mol. The summed E-state index contributed by atoms with van der Waals surface area (Å²) >= 11 is 0. The Hall–Kier alpha value is -4.13. The van der Waals surface area contributed by atoms with Gasteiger partial charge in [0, 0.05) is 11.3 Å². The predicted octanol–water partition coefficient (Wildman–Crippen LogP) is 3.50. The molecule has 7 heteroatoms. The Balaban J connectivity index is 1.64. The molecule has 0 saturated carbocycles. The van der Waals surface area contributed by atoms with Gasteiger partial charge in [-0.1, -0.05) is 43.0 Å². The number of nitrogens with one attached hydrogen (secondary N) is 2. The van der Waals surface area contributed by atoms with E-state index in [1.807, 2.05) is 36.4 Å². The molecule has 0 aromatic heterocycles. The van der Waals surface area contributed by atoms with Gasteiger partial charge in [0.05, 0.1) is 13.3 Å². The number of ether oxygens (including phenoxy) is 2. The van der Waals surface area contributed by atoms with Crippen LogP contribution in [0.1, 0.15) is 5.56 Å². The second-order valence-corrected chi connectivity index (χ2v) is 6.18. The van der Waals surface area contributed by atoms with Crippen molar-refractivity contribution >= 4 is 34.5 Å². The molecule has 3 aromatic rings. The Bertz CT molecular complexity index is 1090. The topological polar surface area (TPSA) is 89.0 Å². The van der Waals surface area contributed by atoms with Crippen LogP contribution in [-0.4, -0.2) is 31.7 Å². The number of nitrogens with zero attached hydrogens (tertiary/aromatic N) is 1. The Morgan fingerprint density at radius 2 is 1.80 bits per heavy atom. The van der Waals surface area contributed by atoms with Gasteiger partial charge in [0.15, 0.2) is 0 Å². The summed E-state index contributed by atoms with van der Waals surface area (Å²) < 4.78 is 10.7. The van der Waals surface area contributed by atoms with Crippen LogP contribution < -0.4 is 20.2 Å². The summed E-state index contributed by atoms with van der Waals surface area (Å²) in [4.78, 5) is 24.1. The molecule has 0 fully saturated rings. The molecular weight excluding hydrogens is 382 g/mol. The first kappa shape index (κ1) is 20.6. The number of hydrogen-bond donors (Lipinski definition) is 2. The minimum atomic E-state index is -0.891. The zero-order valence-corrected chi connectivity index (χ0v) is 16.4. The molecule has 3 aromatic carbocycles. The van der Waals surface area contributed by atoms with Gasteiger partial charge in [-0.15, -0.1) is 0 Å². The number of amides is 2. The summed E-state index contributed by atoms with van der Waals surface area (Å²) in [7, 11) is 1.56. The minimum absolute atomic E-state index is 0.383. The second kappa shape index (κ2) is 9.88. The van der Waals surface area contributed by atoms with E-state index in [1.54, 1.807) is 37.5 Å². The van der Waals surface area contributed by atoms with Gasteiger partial charge in [-0.05, 0) is 41.1 Å². The molecule has 0 unspecified atom stereocenters. The van der Waals surface area contributed by atoms with E-state index < -0.39 is 11.8 Å². The highest BCUT2D eigenvalue weighted by Crippen LogP contribution is 2.26. The molecule has 0 aliphatic carbocycles. The van der Waals surface area contributed by atoms with Crippen LogP contribution in [0.5, 0.6) is 11.5 Å². The van der Waals surface area contributed by atoms with Crippen molar-refractivity contribution in [3.05, 3.63) is 78.9 Å². The minimum Gasteiger partial charge on any atom is -0.496 e. The maximum Gasteiger partial charge on any atom is 0.329 e. The number of benzene rings is 3. The maximum atomic E-state index is 12.1. The van der Waals surface area contributed by atoms with E-state index in [9.17, 15) is 9.59 Å². The Labute approximate surface area is 174 Å². The summed E-state index contributed by atoms with van der Waals surface area (Å²) in [5, 5.41) is 8.34. The first-order chi connectivity index (χ1) is 14.6. The van der Waals surface area contributed by atoms with Gasteiger partial charge in [0.25, 0.3) is 0 Å². The number of anilines is 1. The molecule has 0 aliphatic heterocycles. The number of hydrogen-bond acceptors (Lipinski definition) is 5. The number of rotatable bonds is 7. The molecule has 0 radical (unpaired) electrons. The fraction of sp³-hybridized carbons (Fsp3) is 0.0870. The van der Waals surface area contributed by atoms with E-state index in [4.69, 9.17) is 9.47 Å². The molecule has 30 heavy (non-hydrogen) atoms. The number of fused-ring (bicyclic) bond motifs is 1. The lowest BCUT2D eigenvalue weighted by Crippen LogP contribution is -2.32. The fourth-order valence-corrected chi connectivity index (χ4v) is 2.77. The van der Waals surface area contributed by atoms with E-state index in [2.05, 4.69) is 22.4 Å². The summed E-state index contributed by atoms with van der Waals surface area (Å²) in [6.07, 6.45) is 3.09. The molecule has 0 bridgehead atoms. The van der Waals surface area contributed by atoms with E-state index in [0.717, 1.165) is 10.8 Å². The summed E-state index contributed by atoms with van der Waals surface area (Å²) in [5.41, 5.74) is 3.39. The van der Waals surface area contributed by atoms with Gasteiger partial charge in [-0.3, -0.25) is 9.59 Å². The van der Waals surface area contributed by atoms with Gasteiger partial charge >= 0.3 is 11.8 Å². The van der Waals surface area contributed by atoms with Crippen molar-refractivity contribution in [1.29, 1.82) is 0 Å². The third-order valence-electron chi connectivity index (χ3n) is 4.20. The van der Waals surface area contributed by atoms with E-state index in [1.165, 1.54) is 6.21 Å². The molecule has 0 spiro atoms. The Morgan fingerprint density at radius 3 is 2.53 bits per heavy atom. The first-order valence-electron chi connectivity index (χ1n) is 9.16. The van der Waals surface area contributed by atoms with Gasteiger partial charge in [0.2, 0.25) is 0 Å². The van der Waals surface area contributed by atoms with Crippen molar-refractivity contribution in [2.75, 3.05) is 19.0 Å². The zero-order valence-electron chi connectivity index (χ0n) is 16.4. The average Bonchev–Trinajstić information content (AvgIpc) is 2.78. The highest BCUT2D eigenvalue weighted by molar-refractivity contribution is 6.39. The smallest absolute Gasteiger partial charge is 0.329 e. The lowest BCUT2D eigenvalue weighted by atomic mass is 10.0. The van der Waals surface area contributed by atoms with Crippen molar-refractivity contribution in [3.63, 3.8) is 0 Å². The van der Waals surface area contributed by atoms with Crippen LogP contribution in [-0.2, 0) is 9.59 Å². The van der Waals surface area contributed by atoms with Crippen molar-refractivity contribution in [1.82, 2.24) is 5.43 Å². The van der Waals surface area contributed by atoms with Crippen molar-refractivity contribution < 1.29 is 19.1 Å². The Kier molecular flexibility index (Phi) is 6.78. The highest BCUT2D eigenvalue weighted by Gasteiger charge is 2.13. The van der Waals surface area contributed by atoms with Crippen LogP contribution in [0, 0.1) is 0 Å². The maximum absolute atomic E-state index is 12.1. The van der Waals surface area contributed by atoms with Crippen LogP contribution in [0.3, 0.4) is 0 Å². The van der Waals surface area contributed by atoms with E-state index >= 15 is 0 Å². The normalized spacial score (nSPS) is 10.6. The standard InChI is InChI=1S/C23H21N3O4/c1-3-14-30-18-11-9-17(10-12-18)25-22(27)23(28)26-24-15-20-19-7-5-4-6-16(19)8-13-21(20)29-2/h3-13,15H,1,14H2,2H3,(H,25,27)(H,26,28)/b24-15-. The van der Waals surface area contributed by atoms with Crippen LogP contribution in [0.4, 0.5) is 5.69 Å². The summed E-state index contributed by atoms with van der Waals surface area (Å²) in [6, 6.07) is 18.1. The molecule has 0 heterocycles. The largest absolute Gasteiger partial charge is 0.496 e. The molecular formula is C23H21N3O4. The van der Waals surface area contributed by atoms with Crippen LogP contribution in [0.25, 0.3) is 10.8 Å². The number of hydrazone groups is 1.